The molecule has 0 unspecified atom stereocenters. The lowest BCUT2D eigenvalue weighted by molar-refractivity contribution is 1.12. The number of rotatable bonds is 1. The maximum atomic E-state index is 5.04. The summed E-state index contributed by atoms with van der Waals surface area (Å²) < 4.78 is 0.972. The van der Waals surface area contributed by atoms with Crippen LogP contribution in [-0.2, 0) is 0 Å². The summed E-state index contributed by atoms with van der Waals surface area (Å²) in [5.74, 6) is 0. The lowest BCUT2D eigenvalue weighted by Crippen LogP contribution is -2.07. The first kappa shape index (κ1) is 6.83. The maximum absolute atomic E-state index is 5.04. The van der Waals surface area contributed by atoms with E-state index < -0.39 is 0 Å². The van der Waals surface area contributed by atoms with Crippen molar-refractivity contribution in [2.24, 2.45) is 0 Å². The summed E-state index contributed by atoms with van der Waals surface area (Å²) in [6, 6.07) is 2.03. The Bertz CT molecular complexity index is 193. The van der Waals surface area contributed by atoms with Gasteiger partial charge in [0.15, 0.2) is 0 Å². The van der Waals surface area contributed by atoms with Gasteiger partial charge in [-0.3, -0.25) is 0 Å². The molecule has 9 heavy (non-hydrogen) atoms. The van der Waals surface area contributed by atoms with Crippen LogP contribution < -0.4 is 4.90 Å². The SMILES string of the molecule is CN(C)c1ccsc1[S]. The molecule has 3 heteroatoms. The number of hydrogen-bond donors (Lipinski definition) is 0. The molecule has 0 atom stereocenters. The molecule has 0 amide bonds. The topological polar surface area (TPSA) is 3.24 Å². The van der Waals surface area contributed by atoms with Crippen LogP contribution in [0.5, 0.6) is 0 Å². The molecule has 0 aliphatic rings. The number of thiophene rings is 1. The smallest absolute Gasteiger partial charge is 0.113 e. The highest BCUT2D eigenvalue weighted by Crippen LogP contribution is 2.27. The summed E-state index contributed by atoms with van der Waals surface area (Å²) in [6.07, 6.45) is 0. The molecular formula is C6H8NS2. The molecule has 1 rings (SSSR count). The van der Waals surface area contributed by atoms with E-state index in [4.69, 9.17) is 12.6 Å². The molecular weight excluding hydrogens is 150 g/mol. The van der Waals surface area contributed by atoms with E-state index in [0.29, 0.717) is 0 Å². The largest absolute Gasteiger partial charge is 0.376 e. The fourth-order valence-corrected chi connectivity index (χ4v) is 1.73. The second-order valence-corrected chi connectivity index (χ2v) is 3.57. The minimum Gasteiger partial charge on any atom is -0.376 e. The Morgan fingerprint density at radius 1 is 1.56 bits per heavy atom. The molecule has 1 aromatic rings. The van der Waals surface area contributed by atoms with Gasteiger partial charge in [-0.05, 0) is 11.4 Å². The Balaban J connectivity index is 2.94. The zero-order valence-corrected chi connectivity index (χ0v) is 7.05. The molecule has 0 bridgehead atoms. The van der Waals surface area contributed by atoms with Gasteiger partial charge in [0.05, 0.1) is 5.69 Å². The minimum atomic E-state index is 0.972. The van der Waals surface area contributed by atoms with Crippen LogP contribution in [0, 0.1) is 0 Å². The normalized spacial score (nSPS) is 9.56. The number of nitrogens with zero attached hydrogens (tertiary/aromatic N) is 1. The van der Waals surface area contributed by atoms with E-state index >= 15 is 0 Å². The lowest BCUT2D eigenvalue weighted by Gasteiger charge is -2.08. The molecule has 49 valence electrons. The lowest BCUT2D eigenvalue weighted by atomic mass is 10.5. The van der Waals surface area contributed by atoms with E-state index in [1.54, 1.807) is 11.3 Å². The summed E-state index contributed by atoms with van der Waals surface area (Å²) in [5.41, 5.74) is 1.15. The number of hydrogen-bond acceptors (Lipinski definition) is 2. The molecule has 1 radical (unpaired) electrons. The van der Waals surface area contributed by atoms with Crippen molar-refractivity contribution in [3.63, 3.8) is 0 Å². The van der Waals surface area contributed by atoms with Crippen LogP contribution in [0.3, 0.4) is 0 Å². The molecule has 1 nitrogen and oxygen atoms in total. The standard InChI is InChI=1S/C6H8NS2/c1-7(2)5-3-4-9-6(5)8/h3-4H,1-2H3. The predicted molar refractivity (Wildman–Crippen MR) is 44.5 cm³/mol. The molecule has 0 fully saturated rings. The van der Waals surface area contributed by atoms with Gasteiger partial charge in [0.1, 0.15) is 4.21 Å². The van der Waals surface area contributed by atoms with Crippen molar-refractivity contribution in [2.75, 3.05) is 19.0 Å². The van der Waals surface area contributed by atoms with Gasteiger partial charge in [0, 0.05) is 14.1 Å². The molecule has 1 heterocycles. The van der Waals surface area contributed by atoms with Gasteiger partial charge in [-0.1, -0.05) is 12.6 Å². The Morgan fingerprint density at radius 2 is 2.22 bits per heavy atom. The first-order valence-electron chi connectivity index (χ1n) is 2.63. The van der Waals surface area contributed by atoms with Gasteiger partial charge in [-0.15, -0.1) is 11.3 Å². The van der Waals surface area contributed by atoms with Crippen LogP contribution in [0.15, 0.2) is 15.7 Å². The first-order chi connectivity index (χ1) is 4.22. The van der Waals surface area contributed by atoms with Crippen molar-refractivity contribution in [3.8, 4) is 0 Å². The first-order valence-corrected chi connectivity index (χ1v) is 3.92. The van der Waals surface area contributed by atoms with Crippen LogP contribution in [0.2, 0.25) is 0 Å². The second kappa shape index (κ2) is 2.54. The van der Waals surface area contributed by atoms with Crippen molar-refractivity contribution in [2.45, 2.75) is 4.21 Å². The Morgan fingerprint density at radius 3 is 2.44 bits per heavy atom. The summed E-state index contributed by atoms with van der Waals surface area (Å²) in [6.45, 7) is 0. The van der Waals surface area contributed by atoms with Crippen molar-refractivity contribution >= 4 is 29.7 Å². The van der Waals surface area contributed by atoms with Gasteiger partial charge in [-0.25, -0.2) is 0 Å². The third-order valence-corrected chi connectivity index (χ3v) is 2.29. The Labute approximate surface area is 64.7 Å². The van der Waals surface area contributed by atoms with Crippen LogP contribution in [-0.4, -0.2) is 14.1 Å². The molecule has 0 N–H and O–H groups in total. The van der Waals surface area contributed by atoms with Crippen LogP contribution in [0.4, 0.5) is 5.69 Å². The molecule has 0 aliphatic carbocycles. The van der Waals surface area contributed by atoms with Gasteiger partial charge in [0.25, 0.3) is 0 Å². The summed E-state index contributed by atoms with van der Waals surface area (Å²) in [5, 5.41) is 2.01. The minimum absolute atomic E-state index is 0.972. The summed E-state index contributed by atoms with van der Waals surface area (Å²) in [7, 11) is 4.00. The molecule has 1 aromatic heterocycles. The third kappa shape index (κ3) is 1.34. The maximum Gasteiger partial charge on any atom is 0.113 e. The molecule has 0 aromatic carbocycles. The quantitative estimate of drug-likeness (QED) is 0.606. The average Bonchev–Trinajstić information content (AvgIpc) is 2.13. The third-order valence-electron chi connectivity index (χ3n) is 1.09. The van der Waals surface area contributed by atoms with Crippen LogP contribution >= 0.6 is 24.0 Å². The summed E-state index contributed by atoms with van der Waals surface area (Å²) >= 11 is 6.64. The zero-order valence-electron chi connectivity index (χ0n) is 5.42. The van der Waals surface area contributed by atoms with Crippen molar-refractivity contribution in [3.05, 3.63) is 11.4 Å². The van der Waals surface area contributed by atoms with Crippen molar-refractivity contribution in [1.82, 2.24) is 0 Å². The van der Waals surface area contributed by atoms with Gasteiger partial charge in [-0.2, -0.15) is 0 Å². The van der Waals surface area contributed by atoms with Crippen molar-refractivity contribution < 1.29 is 0 Å². The number of anilines is 1. The van der Waals surface area contributed by atoms with E-state index in [1.165, 1.54) is 0 Å². The fourth-order valence-electron chi connectivity index (χ4n) is 0.620. The van der Waals surface area contributed by atoms with Crippen molar-refractivity contribution in [1.29, 1.82) is 0 Å². The molecule has 0 aliphatic heterocycles. The second-order valence-electron chi connectivity index (χ2n) is 1.99. The monoisotopic (exact) mass is 158 g/mol. The summed E-state index contributed by atoms with van der Waals surface area (Å²) in [4.78, 5) is 2.03. The Kier molecular flexibility index (Phi) is 1.93. The van der Waals surface area contributed by atoms with Crippen LogP contribution in [0.1, 0.15) is 0 Å². The highest BCUT2D eigenvalue weighted by atomic mass is 32.2. The van der Waals surface area contributed by atoms with Crippen LogP contribution in [0.25, 0.3) is 0 Å². The predicted octanol–water partition coefficient (Wildman–Crippen LogP) is 2.37. The fraction of sp³-hybridized carbons (Fsp3) is 0.333. The highest BCUT2D eigenvalue weighted by molar-refractivity contribution is 7.83. The zero-order chi connectivity index (χ0) is 6.85. The molecule has 0 saturated heterocycles. The van der Waals surface area contributed by atoms with E-state index in [2.05, 4.69) is 0 Å². The highest BCUT2D eigenvalue weighted by Gasteiger charge is 2.00. The Hall–Kier alpha value is -0.280. The van der Waals surface area contributed by atoms with E-state index in [1.807, 2.05) is 30.4 Å². The van der Waals surface area contributed by atoms with Gasteiger partial charge in [0.2, 0.25) is 0 Å². The molecule has 0 saturated carbocycles. The van der Waals surface area contributed by atoms with E-state index in [9.17, 15) is 0 Å². The average molecular weight is 158 g/mol. The van der Waals surface area contributed by atoms with Gasteiger partial charge >= 0.3 is 0 Å². The van der Waals surface area contributed by atoms with E-state index in [0.717, 1.165) is 9.90 Å². The molecule has 0 spiro atoms. The van der Waals surface area contributed by atoms with E-state index in [-0.39, 0.29) is 0 Å². The van der Waals surface area contributed by atoms with Gasteiger partial charge < -0.3 is 4.90 Å².